The molecule has 0 fully saturated rings. The fraction of sp³-hybridized carbons (Fsp3) is 0.324. The van der Waals surface area contributed by atoms with Crippen LogP contribution in [0.5, 0.6) is 0 Å². The van der Waals surface area contributed by atoms with Crippen LogP contribution in [0.1, 0.15) is 151 Å². The maximum absolute atomic E-state index is 9.34. The van der Waals surface area contributed by atoms with Gasteiger partial charge in [-0.2, -0.15) is 0 Å². The zero-order chi connectivity index (χ0) is 52.3. The second kappa shape index (κ2) is 19.2. The van der Waals surface area contributed by atoms with E-state index in [1.807, 2.05) is 0 Å². The predicted molar refractivity (Wildman–Crippen MR) is 318 cm³/mol. The Hall–Kier alpha value is -3.42. The normalized spacial score (nSPS) is 18.7. The molecule has 3 aliphatic rings. The molecule has 0 aromatic heterocycles. The van der Waals surface area contributed by atoms with Crippen molar-refractivity contribution in [3.63, 3.8) is 0 Å². The molecule has 0 heterocycles. The third-order valence-electron chi connectivity index (χ3n) is 17.3. The number of allylic oxidation sites excluding steroid dienone is 3. The van der Waals surface area contributed by atoms with E-state index < -0.39 is 33.6 Å². The van der Waals surface area contributed by atoms with Gasteiger partial charge in [0.25, 0.3) is 0 Å². The first-order chi connectivity index (χ1) is 34.3. The van der Waals surface area contributed by atoms with Gasteiger partial charge in [0.2, 0.25) is 0 Å². The summed E-state index contributed by atoms with van der Waals surface area (Å²) < 4.78 is 0.520. The van der Waals surface area contributed by atoms with Gasteiger partial charge in [0, 0.05) is 0 Å². The van der Waals surface area contributed by atoms with Crippen LogP contribution in [0.2, 0.25) is 13.1 Å². The van der Waals surface area contributed by atoms with Crippen LogP contribution >= 0.6 is 17.0 Å². The van der Waals surface area contributed by atoms with Gasteiger partial charge < -0.3 is 0 Å². The number of rotatable bonds is 9. The standard InChI is InChI=1S/C24H29.C22H25.C20H15.C2H7Si.2ClH.2Zr/c1-16-11-17-9-8-10-21(22(17)12-16)18-13-19(23(2,3)4)15-20(14-18)24(5,6)7;1-15(2)18-13-17-7-6-8-20(21(17)14-18)16-9-11-19(12-10-16)22(3,4)5;1-14-12-16-8-5-11-19(20(16)13-14)18-10-4-7-15-6-2-3-9-17(15)18;1-3-2;;;;/h8-15H,1-7H3;6-15H,1-5H3;2-13H,1H3;3H,1-2H3;2*1H;;/q;;;;;;;+2/p-2. The van der Waals surface area contributed by atoms with E-state index in [0.717, 1.165) is 0 Å². The minimum atomic E-state index is -4.64. The van der Waals surface area contributed by atoms with Gasteiger partial charge in [-0.3, -0.25) is 0 Å². The molecule has 0 aliphatic heterocycles. The number of hydrogen-bond acceptors (Lipinski definition) is 0. The molecule has 5 heteroatoms. The molecule has 374 valence electrons. The van der Waals surface area contributed by atoms with Crippen molar-refractivity contribution >= 4 is 51.9 Å². The fourth-order valence-corrected chi connectivity index (χ4v) is 190. The second-order valence-corrected chi connectivity index (χ2v) is 104. The molecular formula is C68H76Cl2SiZr2. The van der Waals surface area contributed by atoms with Gasteiger partial charge in [-0.05, 0) is 0 Å². The Bertz CT molecular complexity index is 3380. The number of benzene rings is 7. The molecule has 10 rings (SSSR count). The summed E-state index contributed by atoms with van der Waals surface area (Å²) in [6.45, 7) is 36.1. The molecule has 0 bridgehead atoms. The fourth-order valence-electron chi connectivity index (χ4n) is 13.5. The van der Waals surface area contributed by atoms with Crippen molar-refractivity contribution in [2.24, 2.45) is 5.92 Å². The minimum absolute atomic E-state index is 0.00147. The van der Waals surface area contributed by atoms with E-state index >= 15 is 0 Å². The molecule has 73 heavy (non-hydrogen) atoms. The van der Waals surface area contributed by atoms with Gasteiger partial charge >= 0.3 is 456 Å². The van der Waals surface area contributed by atoms with E-state index in [9.17, 15) is 17.0 Å². The summed E-state index contributed by atoms with van der Waals surface area (Å²) in [6, 6.07) is 54.1. The van der Waals surface area contributed by atoms with E-state index in [1.165, 1.54) is 105 Å². The molecule has 7 aromatic carbocycles. The van der Waals surface area contributed by atoms with E-state index in [1.54, 1.807) is 5.57 Å². The molecule has 0 saturated carbocycles. The van der Waals surface area contributed by atoms with E-state index in [4.69, 9.17) is 0 Å². The van der Waals surface area contributed by atoms with E-state index in [-0.39, 0.29) is 27.1 Å². The van der Waals surface area contributed by atoms with Gasteiger partial charge in [0.05, 0.1) is 0 Å². The van der Waals surface area contributed by atoms with Crippen LogP contribution in [0, 0.1) is 5.92 Å². The topological polar surface area (TPSA) is 0 Å². The molecule has 0 N–H and O–H groups in total. The zero-order valence-electron chi connectivity index (χ0n) is 46.2. The molecule has 0 radical (unpaired) electrons. The average molecular weight is 1170 g/mol. The summed E-state index contributed by atoms with van der Waals surface area (Å²) >= 11 is -8.95. The van der Waals surface area contributed by atoms with Crippen molar-refractivity contribution in [2.75, 3.05) is 0 Å². The van der Waals surface area contributed by atoms with Crippen LogP contribution in [0.4, 0.5) is 0 Å². The predicted octanol–water partition coefficient (Wildman–Crippen LogP) is 20.7. The first-order valence-electron chi connectivity index (χ1n) is 27.0. The SMILES string of the molecule is CC1=Cc2c(-c3cc(C(C)(C)C)cc(C(C)(C)C)c3)cccc2[CH]1[Zr]([Cl])([Cl])[Zr]([CH]1C(C(C)C)=Cc2c(-c3ccc(C(C)(C)C)cc3)cccc21)([CH]1C(C)=Cc2c(-c3cccc4ccccc34)cccc21)[SiH](C)C. The number of halogens is 2. The first-order valence-corrected chi connectivity index (χ1v) is 53.2. The Morgan fingerprint density at radius 2 is 0.904 bits per heavy atom. The van der Waals surface area contributed by atoms with Gasteiger partial charge in [-0.25, -0.2) is 0 Å². The van der Waals surface area contributed by atoms with Crippen LogP contribution < -0.4 is 0 Å². The molecule has 0 spiro atoms. The molecule has 3 aliphatic carbocycles. The van der Waals surface area contributed by atoms with Crippen molar-refractivity contribution in [2.45, 2.75) is 130 Å². The third-order valence-corrected chi connectivity index (χ3v) is 161. The molecule has 7 aromatic rings. The summed E-state index contributed by atoms with van der Waals surface area (Å²) in [5.74, 6) is -1.40. The van der Waals surface area contributed by atoms with Crippen molar-refractivity contribution in [3.05, 3.63) is 206 Å². The maximum atomic E-state index is 9.34. The summed E-state index contributed by atoms with van der Waals surface area (Å²) in [7, 11) is 18.7. The number of hydrogen-bond donors (Lipinski definition) is 0. The number of fused-ring (bicyclic) bond motifs is 4. The Kier molecular flexibility index (Phi) is 14.0. The molecule has 0 saturated heterocycles. The second-order valence-electron chi connectivity index (χ2n) is 25.7. The van der Waals surface area contributed by atoms with Gasteiger partial charge in [-0.1, -0.05) is 0 Å². The van der Waals surface area contributed by atoms with Gasteiger partial charge in [0.1, 0.15) is 0 Å². The Labute approximate surface area is 450 Å². The third kappa shape index (κ3) is 8.92. The summed E-state index contributed by atoms with van der Waals surface area (Å²) in [5, 5.41) is 2.57. The van der Waals surface area contributed by atoms with Gasteiger partial charge in [-0.15, -0.1) is 0 Å². The molecule has 4 unspecified atom stereocenters. The van der Waals surface area contributed by atoms with Crippen molar-refractivity contribution < 1.29 is 27.7 Å². The average Bonchev–Trinajstić information content (AvgIpc) is 4.01. The van der Waals surface area contributed by atoms with Crippen LogP contribution in [-0.2, 0) is 44.0 Å². The van der Waals surface area contributed by atoms with Gasteiger partial charge in [0.15, 0.2) is 0 Å². The quantitative estimate of drug-likeness (QED) is 0.126. The summed E-state index contributed by atoms with van der Waals surface area (Å²) in [5.41, 5.74) is 24.9. The van der Waals surface area contributed by atoms with Crippen LogP contribution in [-0.4, -0.2) is 5.92 Å². The molecule has 4 atom stereocenters. The Morgan fingerprint density at radius 3 is 1.47 bits per heavy atom. The Morgan fingerprint density at radius 1 is 0.452 bits per heavy atom. The monoisotopic (exact) mass is 1170 g/mol. The first kappa shape index (κ1) is 53.0. The van der Waals surface area contributed by atoms with E-state index in [0.29, 0.717) is 5.92 Å². The zero-order valence-corrected chi connectivity index (χ0v) is 53.7. The summed E-state index contributed by atoms with van der Waals surface area (Å²) in [4.78, 5) is 0. The van der Waals surface area contributed by atoms with Crippen LogP contribution in [0.25, 0.3) is 62.4 Å². The molecule has 0 nitrogen and oxygen atoms in total. The van der Waals surface area contributed by atoms with Crippen molar-refractivity contribution in [3.8, 4) is 33.4 Å². The van der Waals surface area contributed by atoms with Crippen molar-refractivity contribution in [1.29, 1.82) is 0 Å². The molecule has 0 amide bonds. The Balaban J connectivity index is 1.24. The van der Waals surface area contributed by atoms with Crippen LogP contribution in [0.3, 0.4) is 0 Å². The van der Waals surface area contributed by atoms with Crippen molar-refractivity contribution in [1.82, 2.24) is 0 Å². The summed E-state index contributed by atoms with van der Waals surface area (Å²) in [6.07, 6.45) is 7.76. The van der Waals surface area contributed by atoms with Crippen LogP contribution in [0.15, 0.2) is 156 Å². The van der Waals surface area contributed by atoms with E-state index in [2.05, 4.69) is 261 Å². The molecular weight excluding hydrogens is 1100 g/mol.